The summed E-state index contributed by atoms with van der Waals surface area (Å²) >= 11 is 6.43. The van der Waals surface area contributed by atoms with Crippen LogP contribution < -0.4 is 16.0 Å². The highest BCUT2D eigenvalue weighted by atomic mass is 79.9. The summed E-state index contributed by atoms with van der Waals surface area (Å²) in [4.78, 5) is 37.0. The van der Waals surface area contributed by atoms with Crippen LogP contribution in [0, 0.1) is 10.1 Å². The first-order valence-corrected chi connectivity index (χ1v) is 7.78. The van der Waals surface area contributed by atoms with Crippen LogP contribution in [0.4, 0.5) is 5.69 Å². The highest BCUT2D eigenvalue weighted by molar-refractivity contribution is 9.13. The van der Waals surface area contributed by atoms with Crippen molar-refractivity contribution in [2.45, 2.75) is 0 Å². The number of aromatic nitrogens is 2. The molecule has 1 aromatic heterocycles. The molecule has 2 rings (SSSR count). The number of hydrogen-bond acceptors (Lipinski definition) is 6. The monoisotopic (exact) mass is 461 g/mol. The number of H-pyrrole nitrogens is 2. The van der Waals surface area contributed by atoms with Crippen molar-refractivity contribution in [2.75, 3.05) is 7.11 Å². The van der Waals surface area contributed by atoms with Gasteiger partial charge in [-0.3, -0.25) is 19.9 Å². The Balaban J connectivity index is 2.61. The number of ether oxygens (including phenoxy) is 1. The lowest BCUT2D eigenvalue weighted by Crippen LogP contribution is -2.25. The van der Waals surface area contributed by atoms with Crippen molar-refractivity contribution in [3.8, 4) is 11.5 Å². The van der Waals surface area contributed by atoms with Crippen molar-refractivity contribution < 1.29 is 14.8 Å². The molecule has 0 radical (unpaired) electrons. The fourth-order valence-electron chi connectivity index (χ4n) is 1.86. The van der Waals surface area contributed by atoms with Gasteiger partial charge in [0.1, 0.15) is 5.69 Å². The zero-order chi connectivity index (χ0) is 18.0. The van der Waals surface area contributed by atoms with Gasteiger partial charge in [-0.1, -0.05) is 6.08 Å². The predicted octanol–water partition coefficient (Wildman–Crippen LogP) is 2.38. The Morgan fingerprint density at radius 1 is 1.25 bits per heavy atom. The third-order valence-electron chi connectivity index (χ3n) is 2.95. The van der Waals surface area contributed by atoms with Crippen molar-refractivity contribution in [3.63, 3.8) is 0 Å². The van der Waals surface area contributed by atoms with Crippen molar-refractivity contribution >= 4 is 49.7 Å². The van der Waals surface area contributed by atoms with Crippen LogP contribution in [0.5, 0.6) is 11.5 Å². The zero-order valence-electron chi connectivity index (χ0n) is 11.9. The molecule has 0 aliphatic carbocycles. The van der Waals surface area contributed by atoms with Crippen molar-refractivity contribution in [3.05, 3.63) is 57.2 Å². The third-order valence-corrected chi connectivity index (χ3v) is 5.11. The Morgan fingerprint density at radius 2 is 1.92 bits per heavy atom. The molecule has 0 amide bonds. The fourth-order valence-corrected chi connectivity index (χ4v) is 2.72. The van der Waals surface area contributed by atoms with Crippen LogP contribution in [-0.2, 0) is 0 Å². The van der Waals surface area contributed by atoms with Gasteiger partial charge in [0.15, 0.2) is 11.5 Å². The van der Waals surface area contributed by atoms with Gasteiger partial charge < -0.3 is 14.8 Å². The van der Waals surface area contributed by atoms with Crippen molar-refractivity contribution in [2.24, 2.45) is 0 Å². The summed E-state index contributed by atoms with van der Waals surface area (Å²) in [6.07, 6.45) is 2.62. The van der Waals surface area contributed by atoms with E-state index in [1.54, 1.807) is 4.98 Å². The van der Waals surface area contributed by atoms with Gasteiger partial charge in [-0.25, -0.2) is 4.79 Å². The quantitative estimate of drug-likeness (QED) is 0.471. The number of rotatable bonds is 4. The number of phenolic OH excluding ortho intramolecular Hbond substituents is 1. The molecule has 24 heavy (non-hydrogen) atoms. The van der Waals surface area contributed by atoms with E-state index in [9.17, 15) is 24.8 Å². The summed E-state index contributed by atoms with van der Waals surface area (Å²) in [5, 5.41) is 20.9. The van der Waals surface area contributed by atoms with E-state index in [1.807, 2.05) is 0 Å². The lowest BCUT2D eigenvalue weighted by Gasteiger charge is -2.09. The average Bonchev–Trinajstić information content (AvgIpc) is 2.51. The van der Waals surface area contributed by atoms with E-state index in [2.05, 4.69) is 36.8 Å². The number of nitrogens with zero attached hydrogens (tertiary/aromatic N) is 1. The summed E-state index contributed by atoms with van der Waals surface area (Å²) in [5.74, 6) is 0.0377. The lowest BCUT2D eigenvalue weighted by atomic mass is 10.1. The highest BCUT2D eigenvalue weighted by Gasteiger charge is 2.19. The largest absolute Gasteiger partial charge is 0.503 e. The Kier molecular flexibility index (Phi) is 5.24. The predicted molar refractivity (Wildman–Crippen MR) is 93.3 cm³/mol. The van der Waals surface area contributed by atoms with Crippen LogP contribution in [0.2, 0.25) is 0 Å². The fraction of sp³-hybridized carbons (Fsp3) is 0.0769. The maximum Gasteiger partial charge on any atom is 0.357 e. The Bertz CT molecular complexity index is 963. The Hall–Kier alpha value is -2.40. The second-order valence-electron chi connectivity index (χ2n) is 4.41. The molecule has 0 unspecified atom stereocenters. The van der Waals surface area contributed by atoms with E-state index < -0.39 is 21.9 Å². The Morgan fingerprint density at radius 3 is 2.50 bits per heavy atom. The van der Waals surface area contributed by atoms with E-state index in [0.29, 0.717) is 14.5 Å². The maximum atomic E-state index is 11.6. The molecule has 0 atom stereocenters. The summed E-state index contributed by atoms with van der Waals surface area (Å²) in [5.41, 5.74) is -2.54. The van der Waals surface area contributed by atoms with E-state index in [-0.39, 0.29) is 17.2 Å². The van der Waals surface area contributed by atoms with Gasteiger partial charge in [-0.05, 0) is 49.6 Å². The van der Waals surface area contributed by atoms with Crippen LogP contribution in [0.1, 0.15) is 11.3 Å². The van der Waals surface area contributed by atoms with Gasteiger partial charge in [0, 0.05) is 4.47 Å². The SMILES string of the molecule is COc1cc(/C=C/c2[nH]c(=O)[nH]c(=O)c2[N+](=O)[O-])c(Br)c(Br)c1O. The molecule has 3 N–H and O–H groups in total. The van der Waals surface area contributed by atoms with E-state index in [1.165, 1.54) is 25.3 Å². The van der Waals surface area contributed by atoms with E-state index >= 15 is 0 Å². The van der Waals surface area contributed by atoms with Crippen LogP contribution >= 0.6 is 31.9 Å². The molecule has 0 saturated carbocycles. The van der Waals surface area contributed by atoms with Crippen LogP contribution in [0.25, 0.3) is 12.2 Å². The second-order valence-corrected chi connectivity index (χ2v) is 5.99. The topological polar surface area (TPSA) is 138 Å². The van der Waals surface area contributed by atoms with Gasteiger partial charge in [0.2, 0.25) is 0 Å². The van der Waals surface area contributed by atoms with Crippen molar-refractivity contribution in [1.29, 1.82) is 0 Å². The smallest absolute Gasteiger partial charge is 0.357 e. The molecule has 126 valence electrons. The van der Waals surface area contributed by atoms with Gasteiger partial charge in [-0.15, -0.1) is 0 Å². The standard InChI is InChI=1S/C13H9Br2N3O6/c1-24-7-4-5(8(14)9(15)11(7)19)2-3-6-10(18(22)23)12(20)17-13(21)16-6/h2-4,19H,1H3,(H2,16,17,20,21)/b3-2+. The number of nitro groups is 1. The minimum atomic E-state index is -1.10. The summed E-state index contributed by atoms with van der Waals surface area (Å²) in [6, 6.07) is 1.47. The molecule has 1 heterocycles. The molecule has 0 aliphatic rings. The number of phenols is 1. The summed E-state index contributed by atoms with van der Waals surface area (Å²) < 4.78 is 5.78. The zero-order valence-corrected chi connectivity index (χ0v) is 15.1. The average molecular weight is 463 g/mol. The maximum absolute atomic E-state index is 11.6. The Labute approximate surface area is 150 Å². The first-order chi connectivity index (χ1) is 11.3. The van der Waals surface area contributed by atoms with Gasteiger partial charge in [0.25, 0.3) is 0 Å². The molecule has 0 bridgehead atoms. The van der Waals surface area contributed by atoms with Crippen LogP contribution in [-0.4, -0.2) is 27.1 Å². The van der Waals surface area contributed by atoms with Crippen LogP contribution in [0.3, 0.4) is 0 Å². The molecular weight excluding hydrogens is 454 g/mol. The molecule has 9 nitrogen and oxygen atoms in total. The minimum Gasteiger partial charge on any atom is -0.503 e. The first-order valence-electron chi connectivity index (χ1n) is 6.20. The number of halogens is 2. The normalized spacial score (nSPS) is 11.0. The first kappa shape index (κ1) is 17.9. The number of benzene rings is 1. The molecule has 0 saturated heterocycles. The molecule has 0 aliphatic heterocycles. The number of methoxy groups -OCH3 is 1. The number of aromatic hydroxyl groups is 1. The third kappa shape index (κ3) is 3.41. The molecule has 0 fully saturated rings. The highest BCUT2D eigenvalue weighted by Crippen LogP contribution is 2.42. The molecule has 1 aromatic carbocycles. The molecule has 2 aromatic rings. The molecule has 0 spiro atoms. The van der Waals surface area contributed by atoms with E-state index in [4.69, 9.17) is 4.74 Å². The van der Waals surface area contributed by atoms with Gasteiger partial charge in [-0.2, -0.15) is 0 Å². The number of aromatic amines is 2. The minimum absolute atomic E-state index is 0.128. The summed E-state index contributed by atoms with van der Waals surface area (Å²) in [6.45, 7) is 0. The van der Waals surface area contributed by atoms with Crippen molar-refractivity contribution in [1.82, 2.24) is 9.97 Å². The summed E-state index contributed by atoms with van der Waals surface area (Å²) in [7, 11) is 1.36. The molecular formula is C13H9Br2N3O6. The number of hydrogen-bond donors (Lipinski definition) is 3. The van der Waals surface area contributed by atoms with Gasteiger partial charge in [0.05, 0.1) is 16.5 Å². The van der Waals surface area contributed by atoms with E-state index in [0.717, 1.165) is 0 Å². The van der Waals surface area contributed by atoms with Crippen LogP contribution in [0.15, 0.2) is 24.6 Å². The molecule has 11 heteroatoms. The van der Waals surface area contributed by atoms with Gasteiger partial charge >= 0.3 is 16.9 Å². The lowest BCUT2D eigenvalue weighted by molar-refractivity contribution is -0.386. The number of nitrogens with one attached hydrogen (secondary N) is 2. The second kappa shape index (κ2) is 7.01.